The minimum atomic E-state index is 0.277. The highest BCUT2D eigenvalue weighted by Gasteiger charge is 2.12. The molecule has 0 saturated carbocycles. The number of hydrogen-bond donors (Lipinski definition) is 1. The zero-order valence-electron chi connectivity index (χ0n) is 10.3. The molecule has 1 nitrogen and oxygen atoms in total. The van der Waals surface area contributed by atoms with Crippen LogP contribution in [-0.2, 0) is 0 Å². The molecule has 0 aliphatic heterocycles. The zero-order valence-corrected chi connectivity index (χ0v) is 13.4. The first kappa shape index (κ1) is 14.1. The van der Waals surface area contributed by atoms with Crippen molar-refractivity contribution in [1.29, 1.82) is 0 Å². The molecule has 1 aromatic carbocycles. The fourth-order valence-electron chi connectivity index (χ4n) is 1.89. The predicted octanol–water partition coefficient (Wildman–Crippen LogP) is 5.58. The minimum Gasteiger partial charge on any atom is -0.303 e. The van der Waals surface area contributed by atoms with E-state index in [-0.39, 0.29) is 6.04 Å². The molecule has 2 aromatic rings. The zero-order chi connectivity index (χ0) is 13.1. The third kappa shape index (κ3) is 3.58. The van der Waals surface area contributed by atoms with Gasteiger partial charge in [-0.3, -0.25) is 0 Å². The summed E-state index contributed by atoms with van der Waals surface area (Å²) in [7, 11) is 0. The molecule has 18 heavy (non-hydrogen) atoms. The van der Waals surface area contributed by atoms with Crippen molar-refractivity contribution in [3.8, 4) is 0 Å². The van der Waals surface area contributed by atoms with Crippen LogP contribution < -0.4 is 5.32 Å². The molecular formula is C14H15BrClNS. The SMILES string of the molecule is CC(NC(C)c1ccc(Br)s1)c1cccc(Cl)c1. The topological polar surface area (TPSA) is 12.0 Å². The van der Waals surface area contributed by atoms with E-state index in [2.05, 4.69) is 53.3 Å². The first-order chi connectivity index (χ1) is 8.56. The maximum Gasteiger partial charge on any atom is 0.0701 e. The Bertz CT molecular complexity index is 526. The second-order valence-corrected chi connectivity index (χ2v) is 7.24. The Morgan fingerprint density at radius 1 is 1.17 bits per heavy atom. The molecule has 1 N–H and O–H groups in total. The number of nitrogens with one attached hydrogen (secondary N) is 1. The molecule has 0 amide bonds. The lowest BCUT2D eigenvalue weighted by Gasteiger charge is -2.19. The summed E-state index contributed by atoms with van der Waals surface area (Å²) in [5.74, 6) is 0. The summed E-state index contributed by atoms with van der Waals surface area (Å²) < 4.78 is 1.17. The number of halogens is 2. The number of thiophene rings is 1. The van der Waals surface area contributed by atoms with Crippen LogP contribution in [0.1, 0.15) is 36.4 Å². The van der Waals surface area contributed by atoms with E-state index in [9.17, 15) is 0 Å². The van der Waals surface area contributed by atoms with Gasteiger partial charge in [0, 0.05) is 22.0 Å². The summed E-state index contributed by atoms with van der Waals surface area (Å²) in [6.45, 7) is 4.34. The number of rotatable bonds is 4. The highest BCUT2D eigenvalue weighted by Crippen LogP contribution is 2.29. The molecule has 0 spiro atoms. The van der Waals surface area contributed by atoms with Gasteiger partial charge in [-0.25, -0.2) is 0 Å². The van der Waals surface area contributed by atoms with Crippen LogP contribution in [0, 0.1) is 0 Å². The van der Waals surface area contributed by atoms with Gasteiger partial charge in [-0.1, -0.05) is 23.7 Å². The van der Waals surface area contributed by atoms with Crippen molar-refractivity contribution in [3.63, 3.8) is 0 Å². The Hall–Kier alpha value is -0.350. The monoisotopic (exact) mass is 343 g/mol. The van der Waals surface area contributed by atoms with Crippen LogP contribution in [0.25, 0.3) is 0 Å². The standard InChI is InChI=1S/C14H15BrClNS/c1-9(11-4-3-5-12(16)8-11)17-10(2)13-6-7-14(15)18-13/h3-10,17H,1-2H3. The Morgan fingerprint density at radius 3 is 2.56 bits per heavy atom. The van der Waals surface area contributed by atoms with Gasteiger partial charge in [0.2, 0.25) is 0 Å². The maximum absolute atomic E-state index is 6.01. The van der Waals surface area contributed by atoms with Crippen LogP contribution in [0.4, 0.5) is 0 Å². The maximum atomic E-state index is 6.01. The normalized spacial score (nSPS) is 14.4. The Labute approximate surface area is 125 Å². The van der Waals surface area contributed by atoms with E-state index in [1.165, 1.54) is 14.2 Å². The van der Waals surface area contributed by atoms with Crippen molar-refractivity contribution in [1.82, 2.24) is 5.32 Å². The van der Waals surface area contributed by atoms with E-state index in [1.807, 2.05) is 18.2 Å². The number of hydrogen-bond acceptors (Lipinski definition) is 2. The molecule has 2 atom stereocenters. The fraction of sp³-hybridized carbons (Fsp3) is 0.286. The summed E-state index contributed by atoms with van der Waals surface area (Å²) in [5.41, 5.74) is 1.21. The molecule has 96 valence electrons. The van der Waals surface area contributed by atoms with Crippen LogP contribution in [-0.4, -0.2) is 0 Å². The third-order valence-electron chi connectivity index (χ3n) is 2.87. The van der Waals surface area contributed by atoms with E-state index in [4.69, 9.17) is 11.6 Å². The van der Waals surface area contributed by atoms with E-state index in [0.29, 0.717) is 6.04 Å². The van der Waals surface area contributed by atoms with Crippen molar-refractivity contribution in [2.75, 3.05) is 0 Å². The fourth-order valence-corrected chi connectivity index (χ4v) is 3.52. The van der Waals surface area contributed by atoms with Gasteiger partial charge in [0.05, 0.1) is 3.79 Å². The van der Waals surface area contributed by atoms with Gasteiger partial charge in [0.1, 0.15) is 0 Å². The van der Waals surface area contributed by atoms with Gasteiger partial charge in [0.25, 0.3) is 0 Å². The van der Waals surface area contributed by atoms with Crippen molar-refractivity contribution in [3.05, 3.63) is 55.6 Å². The smallest absolute Gasteiger partial charge is 0.0701 e. The summed E-state index contributed by atoms with van der Waals surface area (Å²) in [5, 5.41) is 4.37. The lowest BCUT2D eigenvalue weighted by molar-refractivity contribution is 0.500. The summed E-state index contributed by atoms with van der Waals surface area (Å²) in [4.78, 5) is 1.33. The molecule has 0 bridgehead atoms. The Morgan fingerprint density at radius 2 is 1.94 bits per heavy atom. The van der Waals surface area contributed by atoms with Crippen molar-refractivity contribution in [2.24, 2.45) is 0 Å². The van der Waals surface area contributed by atoms with Crippen molar-refractivity contribution >= 4 is 38.9 Å². The van der Waals surface area contributed by atoms with E-state index < -0.39 is 0 Å². The van der Waals surface area contributed by atoms with Gasteiger partial charge in [-0.15, -0.1) is 11.3 Å². The largest absolute Gasteiger partial charge is 0.303 e. The lowest BCUT2D eigenvalue weighted by atomic mass is 10.1. The number of benzene rings is 1. The molecule has 1 heterocycles. The third-order valence-corrected chi connectivity index (χ3v) is 4.91. The minimum absolute atomic E-state index is 0.277. The van der Waals surface area contributed by atoms with Crippen molar-refractivity contribution in [2.45, 2.75) is 25.9 Å². The summed E-state index contributed by atoms with van der Waals surface area (Å²) in [6, 6.07) is 12.8. The molecule has 0 aliphatic rings. The van der Waals surface area contributed by atoms with Crippen LogP contribution in [0.2, 0.25) is 5.02 Å². The van der Waals surface area contributed by atoms with Crippen LogP contribution in [0.3, 0.4) is 0 Å². The molecule has 0 saturated heterocycles. The highest BCUT2D eigenvalue weighted by atomic mass is 79.9. The Kier molecular flexibility index (Phi) is 4.84. The van der Waals surface area contributed by atoms with Crippen LogP contribution in [0.15, 0.2) is 40.2 Å². The second kappa shape index (κ2) is 6.20. The summed E-state index contributed by atoms with van der Waals surface area (Å²) >= 11 is 11.3. The van der Waals surface area contributed by atoms with Gasteiger partial charge in [0.15, 0.2) is 0 Å². The molecule has 0 aliphatic carbocycles. The van der Waals surface area contributed by atoms with E-state index >= 15 is 0 Å². The molecule has 4 heteroatoms. The van der Waals surface area contributed by atoms with E-state index in [0.717, 1.165) is 5.02 Å². The molecule has 1 aromatic heterocycles. The summed E-state index contributed by atoms with van der Waals surface area (Å²) in [6.07, 6.45) is 0. The molecule has 0 radical (unpaired) electrons. The van der Waals surface area contributed by atoms with Gasteiger partial charge < -0.3 is 5.32 Å². The van der Waals surface area contributed by atoms with Gasteiger partial charge in [-0.05, 0) is 59.6 Å². The average molecular weight is 345 g/mol. The lowest BCUT2D eigenvalue weighted by Crippen LogP contribution is -2.21. The average Bonchev–Trinajstić information content (AvgIpc) is 2.76. The first-order valence-electron chi connectivity index (χ1n) is 5.83. The van der Waals surface area contributed by atoms with Gasteiger partial charge in [-0.2, -0.15) is 0 Å². The quantitative estimate of drug-likeness (QED) is 0.764. The molecule has 2 rings (SSSR count). The molecular weight excluding hydrogens is 330 g/mol. The molecule has 0 fully saturated rings. The highest BCUT2D eigenvalue weighted by molar-refractivity contribution is 9.11. The van der Waals surface area contributed by atoms with Crippen LogP contribution >= 0.6 is 38.9 Å². The molecule has 2 unspecified atom stereocenters. The second-order valence-electron chi connectivity index (χ2n) is 4.31. The van der Waals surface area contributed by atoms with E-state index in [1.54, 1.807) is 11.3 Å². The van der Waals surface area contributed by atoms with Gasteiger partial charge >= 0.3 is 0 Å². The van der Waals surface area contributed by atoms with Crippen LogP contribution in [0.5, 0.6) is 0 Å². The van der Waals surface area contributed by atoms with Crippen molar-refractivity contribution < 1.29 is 0 Å². The predicted molar refractivity (Wildman–Crippen MR) is 83.4 cm³/mol. The first-order valence-corrected chi connectivity index (χ1v) is 7.82. The Balaban J connectivity index is 2.05.